The number of hydrogen-bond donors (Lipinski definition) is 4. The summed E-state index contributed by atoms with van der Waals surface area (Å²) in [4.78, 5) is 16.3. The molecule has 1 amide bonds. The van der Waals surface area contributed by atoms with Crippen LogP contribution in [-0.4, -0.2) is 77.3 Å². The maximum Gasteiger partial charge on any atom is 0.407 e. The predicted octanol–water partition coefficient (Wildman–Crippen LogP) is -0.189. The molecule has 0 aromatic carbocycles. The topological polar surface area (TPSA) is 130 Å². The van der Waals surface area contributed by atoms with Gasteiger partial charge in [0.05, 0.1) is 24.7 Å². The van der Waals surface area contributed by atoms with Crippen LogP contribution in [0.4, 0.5) is 4.79 Å². The average molecular weight is 336 g/mol. The van der Waals surface area contributed by atoms with Crippen molar-refractivity contribution in [3.63, 3.8) is 0 Å². The number of hydrogen-bond acceptors (Lipinski definition) is 9. The summed E-state index contributed by atoms with van der Waals surface area (Å²) in [5, 5.41) is 28.9. The van der Waals surface area contributed by atoms with Crippen LogP contribution in [0.15, 0.2) is 0 Å². The Morgan fingerprint density at radius 3 is 2.78 bits per heavy atom. The Kier molecular flexibility index (Phi) is 6.96. The van der Waals surface area contributed by atoms with Gasteiger partial charge >= 0.3 is 6.09 Å². The molecule has 2 heterocycles. The van der Waals surface area contributed by atoms with Crippen LogP contribution in [0, 0.1) is 0 Å². The fourth-order valence-corrected chi connectivity index (χ4v) is 2.69. The van der Waals surface area contributed by atoms with E-state index in [0.717, 1.165) is 6.42 Å². The van der Waals surface area contributed by atoms with Crippen LogP contribution in [0.25, 0.3) is 0 Å². The summed E-state index contributed by atoms with van der Waals surface area (Å²) in [5.74, 6) is 0. The van der Waals surface area contributed by atoms with Crippen molar-refractivity contribution in [3.8, 4) is 0 Å². The van der Waals surface area contributed by atoms with Crippen molar-refractivity contribution >= 4 is 6.09 Å². The third kappa shape index (κ3) is 5.53. The van der Waals surface area contributed by atoms with Gasteiger partial charge in [0.15, 0.2) is 6.10 Å². The van der Waals surface area contributed by atoms with Gasteiger partial charge in [0.1, 0.15) is 18.3 Å². The second-order valence-corrected chi connectivity index (χ2v) is 5.70. The van der Waals surface area contributed by atoms with E-state index in [0.29, 0.717) is 19.4 Å². The molecule has 2 aliphatic rings. The molecule has 0 radical (unpaired) electrons. The van der Waals surface area contributed by atoms with Crippen molar-refractivity contribution in [2.45, 2.75) is 56.7 Å². The summed E-state index contributed by atoms with van der Waals surface area (Å²) in [6.45, 7) is 2.54. The quantitative estimate of drug-likeness (QED) is 0.352. The van der Waals surface area contributed by atoms with Gasteiger partial charge in [0.2, 0.25) is 0 Å². The number of carbonyl (C=O) groups excluding carboxylic acids is 1. The minimum Gasteiger partial charge on any atom is -0.441 e. The molecular weight excluding hydrogens is 312 g/mol. The monoisotopic (exact) mass is 336 g/mol. The van der Waals surface area contributed by atoms with Crippen molar-refractivity contribution in [2.75, 3.05) is 19.8 Å². The van der Waals surface area contributed by atoms with E-state index in [1.54, 1.807) is 6.92 Å². The van der Waals surface area contributed by atoms with E-state index < -0.39 is 30.5 Å². The van der Waals surface area contributed by atoms with E-state index in [9.17, 15) is 9.90 Å². The molecule has 2 rings (SSSR count). The standard InChI is InChI=1S/C13H24N2O8/c1-8(23-15(18)19)4-2-3-5-14-13(17)22-10-7-21-11-9(16)6-20-12(10)11/h8-12,16,18-19H,2-7H2,1H3,(H,14,17)/t8?,9-,10-,11-,12-/m1/s1. The van der Waals surface area contributed by atoms with Gasteiger partial charge in [-0.2, -0.15) is 0 Å². The Morgan fingerprint density at radius 2 is 2.04 bits per heavy atom. The zero-order chi connectivity index (χ0) is 16.8. The first-order valence-electron chi connectivity index (χ1n) is 7.67. The highest BCUT2D eigenvalue weighted by Gasteiger charge is 2.48. The van der Waals surface area contributed by atoms with Gasteiger partial charge in [-0.1, -0.05) is 0 Å². The van der Waals surface area contributed by atoms with Gasteiger partial charge in [-0.25, -0.2) is 9.63 Å². The molecule has 2 aliphatic heterocycles. The van der Waals surface area contributed by atoms with Crippen LogP contribution in [0.5, 0.6) is 0 Å². The fourth-order valence-electron chi connectivity index (χ4n) is 2.69. The number of nitrogens with zero attached hydrogens (tertiary/aromatic N) is 1. The minimum absolute atomic E-state index is 0.191. The Balaban J connectivity index is 1.54. The Bertz CT molecular complexity index is 383. The molecule has 10 heteroatoms. The highest BCUT2D eigenvalue weighted by Crippen LogP contribution is 2.28. The van der Waals surface area contributed by atoms with Gasteiger partial charge in [0.25, 0.3) is 0 Å². The number of alkyl carbamates (subject to hydrolysis) is 1. The van der Waals surface area contributed by atoms with Crippen LogP contribution in [-0.2, 0) is 19.0 Å². The average Bonchev–Trinajstić information content (AvgIpc) is 3.02. The summed E-state index contributed by atoms with van der Waals surface area (Å²) in [6, 6.07) is 0. The Hall–Kier alpha value is -1.01. The van der Waals surface area contributed by atoms with Crippen molar-refractivity contribution in [1.29, 1.82) is 0 Å². The Morgan fingerprint density at radius 1 is 1.30 bits per heavy atom. The van der Waals surface area contributed by atoms with E-state index in [-0.39, 0.29) is 24.7 Å². The molecule has 23 heavy (non-hydrogen) atoms. The summed E-state index contributed by atoms with van der Waals surface area (Å²) >= 11 is 0. The SMILES string of the molecule is CC(CCCCNC(=O)O[C@@H]1CO[C@H]2[C@@H]1OC[C@H]2O)ON(O)O. The van der Waals surface area contributed by atoms with E-state index in [1.165, 1.54) is 0 Å². The molecule has 10 nitrogen and oxygen atoms in total. The molecule has 134 valence electrons. The van der Waals surface area contributed by atoms with Crippen molar-refractivity contribution in [2.24, 2.45) is 0 Å². The van der Waals surface area contributed by atoms with Gasteiger partial charge in [0, 0.05) is 6.54 Å². The maximum absolute atomic E-state index is 11.7. The molecule has 1 unspecified atom stereocenters. The van der Waals surface area contributed by atoms with Gasteiger partial charge < -0.3 is 24.6 Å². The number of ether oxygens (including phenoxy) is 3. The van der Waals surface area contributed by atoms with Gasteiger partial charge in [-0.3, -0.25) is 10.4 Å². The zero-order valence-corrected chi connectivity index (χ0v) is 13.0. The number of nitrogens with one attached hydrogen (secondary N) is 1. The first kappa shape index (κ1) is 18.3. The summed E-state index contributed by atoms with van der Waals surface area (Å²) in [6.07, 6.45) is -0.855. The smallest absolute Gasteiger partial charge is 0.407 e. The first-order valence-corrected chi connectivity index (χ1v) is 7.67. The zero-order valence-electron chi connectivity index (χ0n) is 13.0. The van der Waals surface area contributed by atoms with E-state index in [2.05, 4.69) is 10.2 Å². The molecule has 0 aliphatic carbocycles. The van der Waals surface area contributed by atoms with Crippen LogP contribution in [0.2, 0.25) is 0 Å². The lowest BCUT2D eigenvalue weighted by atomic mass is 10.1. The largest absolute Gasteiger partial charge is 0.441 e. The number of rotatable bonds is 8. The molecule has 2 fully saturated rings. The summed E-state index contributed by atoms with van der Waals surface area (Å²) in [7, 11) is 0. The van der Waals surface area contributed by atoms with E-state index >= 15 is 0 Å². The molecule has 0 aromatic heterocycles. The van der Waals surface area contributed by atoms with Crippen molar-refractivity contribution in [1.82, 2.24) is 10.7 Å². The van der Waals surface area contributed by atoms with Crippen LogP contribution >= 0.6 is 0 Å². The number of aliphatic hydroxyl groups excluding tert-OH is 1. The molecule has 5 atom stereocenters. The maximum atomic E-state index is 11.7. The number of aliphatic hydroxyl groups is 1. The predicted molar refractivity (Wildman–Crippen MR) is 73.6 cm³/mol. The van der Waals surface area contributed by atoms with E-state index in [4.69, 9.17) is 24.6 Å². The first-order chi connectivity index (χ1) is 11.0. The van der Waals surface area contributed by atoms with Crippen molar-refractivity contribution in [3.05, 3.63) is 0 Å². The molecule has 0 aromatic rings. The molecule has 0 spiro atoms. The fraction of sp³-hybridized carbons (Fsp3) is 0.923. The van der Waals surface area contributed by atoms with Crippen LogP contribution < -0.4 is 5.32 Å². The number of amides is 1. The third-order valence-electron chi connectivity index (χ3n) is 3.82. The number of carbonyl (C=O) groups is 1. The molecule has 4 N–H and O–H groups in total. The minimum atomic E-state index is -0.672. The molecule has 2 saturated heterocycles. The van der Waals surface area contributed by atoms with Crippen molar-refractivity contribution < 1.29 is 39.4 Å². The lowest BCUT2D eigenvalue weighted by molar-refractivity contribution is -0.503. The second kappa shape index (κ2) is 8.73. The normalized spacial score (nSPS) is 31.2. The summed E-state index contributed by atoms with van der Waals surface area (Å²) < 4.78 is 16.0. The van der Waals surface area contributed by atoms with Crippen LogP contribution in [0.3, 0.4) is 0 Å². The summed E-state index contributed by atoms with van der Waals surface area (Å²) in [5.41, 5.74) is 0. The number of unbranched alkanes of at least 4 members (excludes halogenated alkanes) is 1. The molecular formula is C13H24N2O8. The highest BCUT2D eigenvalue weighted by atomic mass is 17.1. The molecule has 0 bridgehead atoms. The van der Waals surface area contributed by atoms with Crippen LogP contribution in [0.1, 0.15) is 26.2 Å². The van der Waals surface area contributed by atoms with Gasteiger partial charge in [-0.05, 0) is 26.2 Å². The Labute approximate surface area is 133 Å². The lowest BCUT2D eigenvalue weighted by Crippen LogP contribution is -2.37. The third-order valence-corrected chi connectivity index (χ3v) is 3.82. The highest BCUT2D eigenvalue weighted by molar-refractivity contribution is 5.67. The van der Waals surface area contributed by atoms with Gasteiger partial charge in [-0.15, -0.1) is 0 Å². The van der Waals surface area contributed by atoms with E-state index in [1.807, 2.05) is 0 Å². The number of fused-ring (bicyclic) bond motifs is 1. The second-order valence-electron chi connectivity index (χ2n) is 5.70. The molecule has 0 saturated carbocycles. The lowest BCUT2D eigenvalue weighted by Gasteiger charge is -2.17.